The van der Waals surface area contributed by atoms with E-state index >= 15 is 0 Å². The standard InChI is InChI=1S/C10H9F4NO3/c1-2-17-9(16)5-3-4-6(7(11)8(5)15)18-10(12,13)14/h3-4H,2,15H2,1H3. The molecule has 0 aromatic heterocycles. The normalized spacial score (nSPS) is 11.2. The second kappa shape index (κ2) is 5.11. The summed E-state index contributed by atoms with van der Waals surface area (Å²) >= 11 is 0. The molecular weight excluding hydrogens is 258 g/mol. The maximum Gasteiger partial charge on any atom is 0.573 e. The SMILES string of the molecule is CCOC(=O)c1ccc(OC(F)(F)F)c(F)c1N. The van der Waals surface area contributed by atoms with Crippen LogP contribution in [0.2, 0.25) is 0 Å². The quantitative estimate of drug-likeness (QED) is 0.519. The van der Waals surface area contributed by atoms with Crippen LogP contribution in [0.1, 0.15) is 17.3 Å². The summed E-state index contributed by atoms with van der Waals surface area (Å²) in [6, 6.07) is 1.56. The van der Waals surface area contributed by atoms with Gasteiger partial charge in [0.2, 0.25) is 0 Å². The molecule has 18 heavy (non-hydrogen) atoms. The molecule has 100 valence electrons. The molecule has 2 N–H and O–H groups in total. The highest BCUT2D eigenvalue weighted by Gasteiger charge is 2.33. The molecule has 0 aliphatic heterocycles. The number of esters is 1. The van der Waals surface area contributed by atoms with Crippen LogP contribution in [0.15, 0.2) is 12.1 Å². The summed E-state index contributed by atoms with van der Waals surface area (Å²) in [5, 5.41) is 0. The zero-order chi connectivity index (χ0) is 13.9. The van der Waals surface area contributed by atoms with Crippen molar-refractivity contribution >= 4 is 11.7 Å². The highest BCUT2D eigenvalue weighted by atomic mass is 19.4. The van der Waals surface area contributed by atoms with Crippen LogP contribution in [0, 0.1) is 5.82 Å². The fourth-order valence-corrected chi connectivity index (χ4v) is 1.16. The van der Waals surface area contributed by atoms with Crippen molar-refractivity contribution in [2.24, 2.45) is 0 Å². The van der Waals surface area contributed by atoms with Crippen molar-refractivity contribution in [3.8, 4) is 5.75 Å². The number of hydrogen-bond donors (Lipinski definition) is 1. The number of nitrogens with two attached hydrogens (primary N) is 1. The zero-order valence-corrected chi connectivity index (χ0v) is 9.18. The minimum Gasteiger partial charge on any atom is -0.462 e. The van der Waals surface area contributed by atoms with Crippen LogP contribution in [0.3, 0.4) is 0 Å². The average Bonchev–Trinajstić information content (AvgIpc) is 2.23. The third kappa shape index (κ3) is 3.25. The molecule has 1 aromatic carbocycles. The zero-order valence-electron chi connectivity index (χ0n) is 9.18. The Balaban J connectivity index is 3.09. The molecular formula is C10H9F4NO3. The Morgan fingerprint density at radius 1 is 1.39 bits per heavy atom. The van der Waals surface area contributed by atoms with Crippen molar-refractivity contribution in [3.05, 3.63) is 23.5 Å². The lowest BCUT2D eigenvalue weighted by molar-refractivity contribution is -0.275. The molecule has 0 spiro atoms. The average molecular weight is 267 g/mol. The lowest BCUT2D eigenvalue weighted by atomic mass is 10.1. The van der Waals surface area contributed by atoms with Gasteiger partial charge in [-0.25, -0.2) is 9.18 Å². The first-order chi connectivity index (χ1) is 8.26. The monoisotopic (exact) mass is 267 g/mol. The molecule has 0 aliphatic carbocycles. The van der Waals surface area contributed by atoms with Gasteiger partial charge in [0.25, 0.3) is 0 Å². The summed E-state index contributed by atoms with van der Waals surface area (Å²) in [6.07, 6.45) is -5.04. The number of nitrogen functional groups attached to an aromatic ring is 1. The van der Waals surface area contributed by atoms with Crippen LogP contribution in [-0.2, 0) is 4.74 Å². The van der Waals surface area contributed by atoms with E-state index in [1.54, 1.807) is 0 Å². The molecule has 1 aromatic rings. The van der Waals surface area contributed by atoms with Gasteiger partial charge < -0.3 is 15.2 Å². The van der Waals surface area contributed by atoms with Crippen molar-refractivity contribution in [1.82, 2.24) is 0 Å². The minimum absolute atomic E-state index is 0.0285. The molecule has 0 heterocycles. The Morgan fingerprint density at radius 2 is 2.00 bits per heavy atom. The Kier molecular flexibility index (Phi) is 4.00. The third-order valence-electron chi connectivity index (χ3n) is 1.87. The summed E-state index contributed by atoms with van der Waals surface area (Å²) in [7, 11) is 0. The van der Waals surface area contributed by atoms with Crippen LogP contribution in [0.4, 0.5) is 23.2 Å². The number of anilines is 1. The van der Waals surface area contributed by atoms with Gasteiger partial charge in [-0.3, -0.25) is 0 Å². The van der Waals surface area contributed by atoms with Gasteiger partial charge in [-0.2, -0.15) is 0 Å². The highest BCUT2D eigenvalue weighted by molar-refractivity contribution is 5.95. The van der Waals surface area contributed by atoms with Gasteiger partial charge in [0.05, 0.1) is 17.9 Å². The second-order valence-corrected chi connectivity index (χ2v) is 3.11. The first-order valence-corrected chi connectivity index (χ1v) is 4.77. The van der Waals surface area contributed by atoms with Crippen molar-refractivity contribution in [1.29, 1.82) is 0 Å². The lowest BCUT2D eigenvalue weighted by Gasteiger charge is -2.12. The van der Waals surface area contributed by atoms with E-state index in [1.807, 2.05) is 0 Å². The smallest absolute Gasteiger partial charge is 0.462 e. The van der Waals surface area contributed by atoms with Crippen molar-refractivity contribution in [2.75, 3.05) is 12.3 Å². The Morgan fingerprint density at radius 3 is 2.50 bits per heavy atom. The molecule has 0 amide bonds. The molecule has 0 unspecified atom stereocenters. The maximum atomic E-state index is 13.4. The van der Waals surface area contributed by atoms with Crippen LogP contribution < -0.4 is 10.5 Å². The Hall–Kier alpha value is -1.99. The summed E-state index contributed by atoms with van der Waals surface area (Å²) < 4.78 is 57.1. The Labute approximate surface area is 99.3 Å². The number of rotatable bonds is 3. The number of ether oxygens (including phenoxy) is 2. The van der Waals surface area contributed by atoms with Gasteiger partial charge in [0, 0.05) is 0 Å². The van der Waals surface area contributed by atoms with E-state index < -0.39 is 29.6 Å². The van der Waals surface area contributed by atoms with Crippen LogP contribution in [0.5, 0.6) is 5.75 Å². The molecule has 0 saturated heterocycles. The highest BCUT2D eigenvalue weighted by Crippen LogP contribution is 2.30. The van der Waals surface area contributed by atoms with Crippen molar-refractivity contribution in [2.45, 2.75) is 13.3 Å². The van der Waals surface area contributed by atoms with Gasteiger partial charge in [0.15, 0.2) is 11.6 Å². The minimum atomic E-state index is -5.04. The first kappa shape index (κ1) is 14.1. The number of carbonyl (C=O) groups is 1. The van der Waals surface area contributed by atoms with E-state index in [0.717, 1.165) is 6.07 Å². The molecule has 0 aliphatic rings. The first-order valence-electron chi connectivity index (χ1n) is 4.77. The summed E-state index contributed by atoms with van der Waals surface area (Å²) in [6.45, 7) is 1.55. The second-order valence-electron chi connectivity index (χ2n) is 3.11. The molecule has 0 saturated carbocycles. The van der Waals surface area contributed by atoms with Crippen LogP contribution in [-0.4, -0.2) is 18.9 Å². The number of carbonyl (C=O) groups excluding carboxylic acids is 1. The van der Waals surface area contributed by atoms with E-state index in [1.165, 1.54) is 6.92 Å². The van der Waals surface area contributed by atoms with Crippen LogP contribution in [0.25, 0.3) is 0 Å². The summed E-state index contributed by atoms with van der Waals surface area (Å²) in [5.41, 5.74) is 4.10. The molecule has 8 heteroatoms. The molecule has 0 atom stereocenters. The number of benzene rings is 1. The molecule has 0 fully saturated rings. The predicted molar refractivity (Wildman–Crippen MR) is 53.5 cm³/mol. The topological polar surface area (TPSA) is 61.5 Å². The van der Waals surface area contributed by atoms with E-state index in [-0.39, 0.29) is 12.2 Å². The number of hydrogen-bond acceptors (Lipinski definition) is 4. The molecule has 1 rings (SSSR count). The largest absolute Gasteiger partial charge is 0.573 e. The van der Waals surface area contributed by atoms with Gasteiger partial charge in [0.1, 0.15) is 0 Å². The fraction of sp³-hybridized carbons (Fsp3) is 0.300. The van der Waals surface area contributed by atoms with Crippen molar-refractivity contribution in [3.63, 3.8) is 0 Å². The molecule has 4 nitrogen and oxygen atoms in total. The molecule has 0 bridgehead atoms. The van der Waals surface area contributed by atoms with E-state index in [0.29, 0.717) is 6.07 Å². The van der Waals surface area contributed by atoms with Gasteiger partial charge in [-0.05, 0) is 19.1 Å². The lowest BCUT2D eigenvalue weighted by Crippen LogP contribution is -2.19. The van der Waals surface area contributed by atoms with E-state index in [9.17, 15) is 22.4 Å². The molecule has 0 radical (unpaired) electrons. The maximum absolute atomic E-state index is 13.4. The Bertz CT molecular complexity index is 459. The van der Waals surface area contributed by atoms with Crippen LogP contribution >= 0.6 is 0 Å². The van der Waals surface area contributed by atoms with Gasteiger partial charge in [-0.15, -0.1) is 13.2 Å². The summed E-state index contributed by atoms with van der Waals surface area (Å²) in [4.78, 5) is 11.3. The van der Waals surface area contributed by atoms with E-state index in [2.05, 4.69) is 9.47 Å². The third-order valence-corrected chi connectivity index (χ3v) is 1.87. The van der Waals surface area contributed by atoms with Gasteiger partial charge >= 0.3 is 12.3 Å². The fourth-order valence-electron chi connectivity index (χ4n) is 1.16. The van der Waals surface area contributed by atoms with Gasteiger partial charge in [-0.1, -0.05) is 0 Å². The number of halogens is 4. The van der Waals surface area contributed by atoms with E-state index in [4.69, 9.17) is 5.73 Å². The van der Waals surface area contributed by atoms with Crippen molar-refractivity contribution < 1.29 is 31.8 Å². The summed E-state index contributed by atoms with van der Waals surface area (Å²) in [5.74, 6) is -3.49. The number of alkyl halides is 3. The predicted octanol–water partition coefficient (Wildman–Crippen LogP) is 2.48.